The van der Waals surface area contributed by atoms with Crippen molar-refractivity contribution in [2.24, 2.45) is 20.5 Å². The minimum atomic E-state index is -4.28. The van der Waals surface area contributed by atoms with Gasteiger partial charge in [-0.1, -0.05) is 54.6 Å². The average molecular weight is 548 g/mol. The van der Waals surface area contributed by atoms with Gasteiger partial charge in [-0.05, 0) is 64.7 Å². The van der Waals surface area contributed by atoms with Crippen LogP contribution in [0, 0.1) is 0 Å². The number of rotatable bonds is 5. The van der Waals surface area contributed by atoms with Crippen molar-refractivity contribution in [1.29, 1.82) is 0 Å². The van der Waals surface area contributed by atoms with Crippen LogP contribution in [0.5, 0.6) is 5.75 Å². The van der Waals surface area contributed by atoms with E-state index in [2.05, 4.69) is 20.5 Å². The molecular weight excluding hydrogens is 526 g/mol. The van der Waals surface area contributed by atoms with Gasteiger partial charge in [0, 0.05) is 21.8 Å². The lowest BCUT2D eigenvalue weighted by molar-refractivity contribution is 0.477. The molecule has 0 atom stereocenters. The molecule has 0 radical (unpaired) electrons. The lowest BCUT2D eigenvalue weighted by Crippen LogP contribution is -1.97. The van der Waals surface area contributed by atoms with E-state index in [-0.39, 0.29) is 10.6 Å². The number of phenolic OH excluding ortho intramolecular Hbond substituents is 1. The Labute approximate surface area is 228 Å². The summed E-state index contributed by atoms with van der Waals surface area (Å²) in [4.78, 5) is -0.169. The molecule has 0 aliphatic rings. The SMILES string of the molecule is Nc1cccc2ccc(O)c(/N=N/c3ccc(/N=N/c4ccc5cc(S(=O)(=O)O)ccc5c4)c4ccccc34)c12. The molecule has 4 N–H and O–H groups in total. The Morgan fingerprint density at radius 2 is 1.27 bits per heavy atom. The summed E-state index contributed by atoms with van der Waals surface area (Å²) in [5, 5.41) is 32.6. The highest BCUT2D eigenvalue weighted by atomic mass is 32.2. The molecule has 0 aliphatic carbocycles. The molecule has 0 spiro atoms. The molecule has 6 aromatic carbocycles. The van der Waals surface area contributed by atoms with Crippen LogP contribution in [0.2, 0.25) is 0 Å². The zero-order chi connectivity index (χ0) is 27.9. The van der Waals surface area contributed by atoms with Gasteiger partial charge in [0.25, 0.3) is 10.1 Å². The third-order valence-corrected chi connectivity index (χ3v) is 7.38. The third-order valence-electron chi connectivity index (χ3n) is 6.53. The Hall–Kier alpha value is -5.19. The van der Waals surface area contributed by atoms with Crippen molar-refractivity contribution in [3.63, 3.8) is 0 Å². The van der Waals surface area contributed by atoms with Crippen molar-refractivity contribution in [2.45, 2.75) is 4.90 Å². The molecule has 0 heterocycles. The highest BCUT2D eigenvalue weighted by molar-refractivity contribution is 7.85. The van der Waals surface area contributed by atoms with Gasteiger partial charge in [-0.25, -0.2) is 0 Å². The quantitative estimate of drug-likeness (QED) is 0.112. The molecule has 0 saturated carbocycles. The lowest BCUT2D eigenvalue weighted by Gasteiger charge is -2.07. The van der Waals surface area contributed by atoms with Crippen LogP contribution in [0.3, 0.4) is 0 Å². The maximum Gasteiger partial charge on any atom is 0.294 e. The number of nitrogens with two attached hydrogens (primary N) is 1. The second-order valence-electron chi connectivity index (χ2n) is 9.10. The molecule has 0 saturated heterocycles. The fourth-order valence-corrected chi connectivity index (χ4v) is 5.08. The van der Waals surface area contributed by atoms with Gasteiger partial charge in [0.1, 0.15) is 11.4 Å². The number of phenols is 1. The van der Waals surface area contributed by atoms with Crippen molar-refractivity contribution >= 4 is 70.9 Å². The van der Waals surface area contributed by atoms with E-state index in [1.807, 2.05) is 36.4 Å². The summed E-state index contributed by atoms with van der Waals surface area (Å²) >= 11 is 0. The zero-order valence-corrected chi connectivity index (χ0v) is 21.6. The van der Waals surface area contributed by atoms with Gasteiger partial charge in [0.15, 0.2) is 0 Å². The van der Waals surface area contributed by atoms with Crippen molar-refractivity contribution in [1.82, 2.24) is 0 Å². The molecule has 10 heteroatoms. The summed E-state index contributed by atoms with van der Waals surface area (Å²) < 4.78 is 32.1. The Morgan fingerprint density at radius 3 is 2.00 bits per heavy atom. The minimum absolute atomic E-state index is 0.0199. The highest BCUT2D eigenvalue weighted by Crippen LogP contribution is 2.41. The fraction of sp³-hybridized carbons (Fsp3) is 0. The van der Waals surface area contributed by atoms with Crippen LogP contribution in [-0.2, 0) is 10.1 Å². The maximum atomic E-state index is 11.4. The molecule has 0 aromatic heterocycles. The number of hydrogen-bond donors (Lipinski definition) is 3. The Kier molecular flexibility index (Phi) is 6.18. The molecule has 0 fully saturated rings. The first kappa shape index (κ1) is 25.1. The normalized spacial score (nSPS) is 12.3. The van der Waals surface area contributed by atoms with Crippen molar-refractivity contribution < 1.29 is 18.1 Å². The van der Waals surface area contributed by atoms with E-state index < -0.39 is 10.1 Å². The minimum Gasteiger partial charge on any atom is -0.506 e. The molecular formula is C30H21N5O4S. The number of nitrogens with zero attached hydrogens (tertiary/aromatic N) is 4. The summed E-state index contributed by atoms with van der Waals surface area (Å²) in [6, 6.07) is 29.6. The average Bonchev–Trinajstić information content (AvgIpc) is 2.95. The van der Waals surface area contributed by atoms with Gasteiger partial charge in [-0.15, -0.1) is 15.3 Å². The number of nitrogen functional groups attached to an aromatic ring is 1. The summed E-state index contributed by atoms with van der Waals surface area (Å²) in [7, 11) is -4.28. The monoisotopic (exact) mass is 547 g/mol. The Balaban J connectivity index is 1.35. The molecule has 6 rings (SSSR count). The van der Waals surface area contributed by atoms with Crippen molar-refractivity contribution in [3.05, 3.63) is 103 Å². The summed E-state index contributed by atoms with van der Waals surface area (Å²) in [5.41, 5.74) is 8.74. The first-order chi connectivity index (χ1) is 19.3. The number of benzene rings is 6. The van der Waals surface area contributed by atoms with E-state index in [1.165, 1.54) is 12.1 Å². The standard InChI is InChI=1S/C30H21N5O4S/c31-25-7-3-4-18-10-15-28(36)30(29(18)25)35-34-27-14-13-26(23-5-1-2-6-24(23)27)33-32-21-11-8-20-17-22(40(37,38)39)12-9-19(20)16-21/h1-17,36H,31H2,(H,37,38,39)/b33-32+,35-34+. The van der Waals surface area contributed by atoms with Crippen LogP contribution in [0.25, 0.3) is 32.3 Å². The second kappa shape index (κ2) is 9.84. The number of fused-ring (bicyclic) bond motifs is 3. The predicted molar refractivity (Wildman–Crippen MR) is 156 cm³/mol. The molecule has 0 bridgehead atoms. The van der Waals surface area contributed by atoms with Crippen LogP contribution < -0.4 is 5.73 Å². The molecule has 196 valence electrons. The van der Waals surface area contributed by atoms with Crippen molar-refractivity contribution in [3.8, 4) is 5.75 Å². The molecule has 9 nitrogen and oxygen atoms in total. The summed E-state index contributed by atoms with van der Waals surface area (Å²) in [6.07, 6.45) is 0. The lowest BCUT2D eigenvalue weighted by atomic mass is 10.1. The number of hydrogen-bond acceptors (Lipinski definition) is 8. The Morgan fingerprint density at radius 1 is 0.625 bits per heavy atom. The number of azo groups is 2. The van der Waals surface area contributed by atoms with Crippen molar-refractivity contribution in [2.75, 3.05) is 5.73 Å². The largest absolute Gasteiger partial charge is 0.506 e. The molecule has 0 amide bonds. The number of aromatic hydroxyl groups is 1. The van der Waals surface area contributed by atoms with Crippen LogP contribution in [0.4, 0.5) is 28.4 Å². The van der Waals surface area contributed by atoms with Gasteiger partial charge < -0.3 is 10.8 Å². The van der Waals surface area contributed by atoms with E-state index in [9.17, 15) is 18.1 Å². The molecule has 6 aromatic rings. The van der Waals surface area contributed by atoms with Gasteiger partial charge in [-0.2, -0.15) is 13.5 Å². The van der Waals surface area contributed by atoms with E-state index in [0.717, 1.165) is 21.5 Å². The van der Waals surface area contributed by atoms with Gasteiger partial charge in [0.2, 0.25) is 0 Å². The van der Waals surface area contributed by atoms with Gasteiger partial charge in [0.05, 0.1) is 22.0 Å². The van der Waals surface area contributed by atoms with Crippen LogP contribution in [-0.4, -0.2) is 18.1 Å². The molecule has 0 aliphatic heterocycles. The van der Waals surface area contributed by atoms with E-state index in [1.54, 1.807) is 54.6 Å². The molecule has 40 heavy (non-hydrogen) atoms. The van der Waals surface area contributed by atoms with E-state index in [0.29, 0.717) is 39.2 Å². The summed E-state index contributed by atoms with van der Waals surface area (Å²) in [6.45, 7) is 0. The first-order valence-corrected chi connectivity index (χ1v) is 13.6. The number of anilines is 1. The van der Waals surface area contributed by atoms with Crippen LogP contribution in [0.1, 0.15) is 0 Å². The van der Waals surface area contributed by atoms with E-state index in [4.69, 9.17) is 5.73 Å². The second-order valence-corrected chi connectivity index (χ2v) is 10.5. The van der Waals surface area contributed by atoms with Gasteiger partial charge >= 0.3 is 0 Å². The smallest absolute Gasteiger partial charge is 0.294 e. The Bertz CT molecular complexity index is 2130. The predicted octanol–water partition coefficient (Wildman–Crippen LogP) is 8.51. The highest BCUT2D eigenvalue weighted by Gasteiger charge is 2.12. The zero-order valence-electron chi connectivity index (χ0n) is 20.8. The maximum absolute atomic E-state index is 11.4. The van der Waals surface area contributed by atoms with Gasteiger partial charge in [-0.3, -0.25) is 4.55 Å². The van der Waals surface area contributed by atoms with Crippen LogP contribution >= 0.6 is 0 Å². The topological polar surface area (TPSA) is 150 Å². The van der Waals surface area contributed by atoms with E-state index >= 15 is 0 Å². The van der Waals surface area contributed by atoms with Crippen LogP contribution in [0.15, 0.2) is 128 Å². The first-order valence-electron chi connectivity index (χ1n) is 12.1. The summed E-state index contributed by atoms with van der Waals surface area (Å²) in [5.74, 6) is -0.0199. The third kappa shape index (κ3) is 4.73. The molecule has 0 unspecified atom stereocenters. The fourth-order valence-electron chi connectivity index (χ4n) is 4.57.